The van der Waals surface area contributed by atoms with Crippen LogP contribution in [0.1, 0.15) is 33.6 Å². The largest absolute Gasteiger partial charge is 0.357 e. The topological polar surface area (TPSA) is 52.6 Å². The number of rotatable bonds is 7. The van der Waals surface area contributed by atoms with Gasteiger partial charge in [-0.25, -0.2) is 9.98 Å². The van der Waals surface area contributed by atoms with Gasteiger partial charge in [0.1, 0.15) is 0 Å². The maximum Gasteiger partial charge on any atom is 0.191 e. The first kappa shape index (κ1) is 19.4. The molecule has 1 heterocycles. The summed E-state index contributed by atoms with van der Waals surface area (Å²) in [5, 5.41) is 7.85. The van der Waals surface area contributed by atoms with Gasteiger partial charge >= 0.3 is 0 Å². The molecule has 1 aromatic heterocycles. The lowest BCUT2D eigenvalue weighted by Gasteiger charge is -2.14. The summed E-state index contributed by atoms with van der Waals surface area (Å²) in [6.07, 6.45) is 0. The summed E-state index contributed by atoms with van der Waals surface area (Å²) < 4.78 is 0. The van der Waals surface area contributed by atoms with E-state index in [-0.39, 0.29) is 0 Å². The van der Waals surface area contributed by atoms with E-state index in [9.17, 15) is 0 Å². The first-order chi connectivity index (χ1) is 12.0. The number of guanidine groups is 1. The Labute approximate surface area is 155 Å². The monoisotopic (exact) mass is 359 g/mol. The molecular weight excluding hydrogens is 330 g/mol. The van der Waals surface area contributed by atoms with Gasteiger partial charge in [0.2, 0.25) is 0 Å². The number of aliphatic imine (C=N–C) groups is 1. The molecular formula is C19H29N5S. The summed E-state index contributed by atoms with van der Waals surface area (Å²) in [5.41, 5.74) is 3.68. The lowest BCUT2D eigenvalue weighted by molar-refractivity contribution is 0.401. The van der Waals surface area contributed by atoms with Crippen molar-refractivity contribution in [3.05, 3.63) is 51.0 Å². The Morgan fingerprint density at radius 2 is 1.88 bits per heavy atom. The first-order valence-electron chi connectivity index (χ1n) is 8.66. The van der Waals surface area contributed by atoms with Crippen molar-refractivity contribution in [3.63, 3.8) is 0 Å². The van der Waals surface area contributed by atoms with E-state index in [1.165, 1.54) is 16.0 Å². The van der Waals surface area contributed by atoms with Crippen LogP contribution in [-0.2, 0) is 19.6 Å². The molecule has 1 aromatic carbocycles. The van der Waals surface area contributed by atoms with Gasteiger partial charge in [-0.05, 0) is 46.0 Å². The third kappa shape index (κ3) is 6.14. The fourth-order valence-corrected chi connectivity index (χ4v) is 3.49. The van der Waals surface area contributed by atoms with Crippen LogP contribution in [-0.4, -0.2) is 36.5 Å². The fraction of sp³-hybridized carbons (Fsp3) is 0.474. The molecule has 0 aliphatic heterocycles. The maximum atomic E-state index is 4.76. The Bertz CT molecular complexity index is 706. The molecule has 0 amide bonds. The summed E-state index contributed by atoms with van der Waals surface area (Å²) in [6, 6.07) is 8.50. The van der Waals surface area contributed by atoms with Crippen molar-refractivity contribution in [3.8, 4) is 0 Å². The summed E-state index contributed by atoms with van der Waals surface area (Å²) in [7, 11) is 4.18. The highest BCUT2D eigenvalue weighted by Gasteiger charge is 2.07. The van der Waals surface area contributed by atoms with Gasteiger partial charge in [-0.3, -0.25) is 0 Å². The Kier molecular flexibility index (Phi) is 7.40. The normalized spacial score (nSPS) is 11.8. The van der Waals surface area contributed by atoms with Gasteiger partial charge in [0, 0.05) is 18.0 Å². The number of aromatic nitrogens is 1. The summed E-state index contributed by atoms with van der Waals surface area (Å²) in [5.74, 6) is 0.840. The van der Waals surface area contributed by atoms with Crippen molar-refractivity contribution < 1.29 is 0 Å². The van der Waals surface area contributed by atoms with Crippen molar-refractivity contribution in [1.29, 1.82) is 0 Å². The summed E-state index contributed by atoms with van der Waals surface area (Å²) >= 11 is 1.74. The predicted molar refractivity (Wildman–Crippen MR) is 107 cm³/mol. The molecule has 5 nitrogen and oxygen atoms in total. The Morgan fingerprint density at radius 3 is 2.48 bits per heavy atom. The minimum Gasteiger partial charge on any atom is -0.357 e. The van der Waals surface area contributed by atoms with E-state index in [1.54, 1.807) is 11.3 Å². The molecule has 25 heavy (non-hydrogen) atoms. The molecule has 2 aromatic rings. The van der Waals surface area contributed by atoms with Crippen molar-refractivity contribution in [2.45, 2.75) is 40.4 Å². The number of aryl methyl sites for hydroxylation is 2. The molecule has 0 unspecified atom stereocenters. The quantitative estimate of drug-likeness (QED) is 0.589. The highest BCUT2D eigenvalue weighted by Crippen LogP contribution is 2.16. The van der Waals surface area contributed by atoms with Crippen LogP contribution >= 0.6 is 11.3 Å². The molecule has 0 bridgehead atoms. The van der Waals surface area contributed by atoms with E-state index < -0.39 is 0 Å². The molecule has 136 valence electrons. The van der Waals surface area contributed by atoms with Gasteiger partial charge in [-0.2, -0.15) is 0 Å². The van der Waals surface area contributed by atoms with Crippen molar-refractivity contribution in [2.75, 3.05) is 20.6 Å². The minimum atomic E-state index is 0.667. The van der Waals surface area contributed by atoms with Gasteiger partial charge in [0.15, 0.2) is 5.96 Å². The number of nitrogens with one attached hydrogen (secondary N) is 2. The lowest BCUT2D eigenvalue weighted by atomic mass is 10.1. The van der Waals surface area contributed by atoms with Crippen LogP contribution < -0.4 is 10.6 Å². The standard InChI is InChI=1S/C19H29N5S/c1-6-20-19(22-12-18-14(2)23-15(3)25-18)21-11-16-9-7-8-10-17(16)13-24(4)5/h7-10H,6,11-13H2,1-5H3,(H2,20,21,22). The van der Waals surface area contributed by atoms with Crippen LogP contribution in [0.2, 0.25) is 0 Å². The maximum absolute atomic E-state index is 4.76. The number of thiazole rings is 1. The second kappa shape index (κ2) is 9.53. The minimum absolute atomic E-state index is 0.667. The molecule has 0 radical (unpaired) electrons. The third-order valence-electron chi connectivity index (χ3n) is 3.77. The van der Waals surface area contributed by atoms with Crippen LogP contribution in [0, 0.1) is 13.8 Å². The second-order valence-electron chi connectivity index (χ2n) is 6.30. The molecule has 0 fully saturated rings. The van der Waals surface area contributed by atoms with E-state index >= 15 is 0 Å². The Hall–Kier alpha value is -1.92. The van der Waals surface area contributed by atoms with E-state index in [2.05, 4.69) is 72.7 Å². The number of benzene rings is 1. The second-order valence-corrected chi connectivity index (χ2v) is 7.58. The van der Waals surface area contributed by atoms with Crippen molar-refractivity contribution in [2.24, 2.45) is 4.99 Å². The molecule has 0 aliphatic carbocycles. The van der Waals surface area contributed by atoms with Gasteiger partial charge in [0.05, 0.1) is 23.8 Å². The third-order valence-corrected chi connectivity index (χ3v) is 4.85. The number of nitrogens with zero attached hydrogens (tertiary/aromatic N) is 3. The Balaban J connectivity index is 2.05. The van der Waals surface area contributed by atoms with Crippen molar-refractivity contribution >= 4 is 17.3 Å². The van der Waals surface area contributed by atoms with E-state index in [0.717, 1.165) is 36.3 Å². The van der Waals surface area contributed by atoms with Gasteiger partial charge in [-0.15, -0.1) is 11.3 Å². The molecule has 0 saturated carbocycles. The molecule has 2 N–H and O–H groups in total. The predicted octanol–water partition coefficient (Wildman–Crippen LogP) is 3.08. The first-order valence-corrected chi connectivity index (χ1v) is 9.47. The lowest BCUT2D eigenvalue weighted by Crippen LogP contribution is -2.36. The Morgan fingerprint density at radius 1 is 1.16 bits per heavy atom. The molecule has 0 spiro atoms. The van der Waals surface area contributed by atoms with Gasteiger partial charge in [-0.1, -0.05) is 24.3 Å². The van der Waals surface area contributed by atoms with E-state index in [0.29, 0.717) is 6.54 Å². The molecule has 0 aliphatic rings. The molecule has 0 atom stereocenters. The van der Waals surface area contributed by atoms with E-state index in [1.807, 2.05) is 6.92 Å². The highest BCUT2D eigenvalue weighted by atomic mass is 32.1. The van der Waals surface area contributed by atoms with Gasteiger partial charge < -0.3 is 15.5 Å². The van der Waals surface area contributed by atoms with Crippen LogP contribution in [0.5, 0.6) is 0 Å². The van der Waals surface area contributed by atoms with Crippen LogP contribution in [0.4, 0.5) is 0 Å². The summed E-state index contributed by atoms with van der Waals surface area (Å²) in [4.78, 5) is 12.7. The van der Waals surface area contributed by atoms with Gasteiger partial charge in [0.25, 0.3) is 0 Å². The molecule has 0 saturated heterocycles. The molecule has 6 heteroatoms. The van der Waals surface area contributed by atoms with Crippen LogP contribution in [0.3, 0.4) is 0 Å². The van der Waals surface area contributed by atoms with Crippen molar-refractivity contribution in [1.82, 2.24) is 20.5 Å². The van der Waals surface area contributed by atoms with Crippen LogP contribution in [0.15, 0.2) is 29.3 Å². The fourth-order valence-electron chi connectivity index (χ4n) is 2.61. The average Bonchev–Trinajstić information content (AvgIpc) is 2.88. The van der Waals surface area contributed by atoms with E-state index in [4.69, 9.17) is 4.99 Å². The zero-order valence-electron chi connectivity index (χ0n) is 15.9. The SMILES string of the molecule is CCNC(=NCc1ccccc1CN(C)C)NCc1sc(C)nc1C. The highest BCUT2D eigenvalue weighted by molar-refractivity contribution is 7.11. The number of hydrogen-bond acceptors (Lipinski definition) is 4. The average molecular weight is 360 g/mol. The summed E-state index contributed by atoms with van der Waals surface area (Å²) in [6.45, 7) is 9.37. The zero-order valence-corrected chi connectivity index (χ0v) is 16.7. The number of hydrogen-bond donors (Lipinski definition) is 2. The smallest absolute Gasteiger partial charge is 0.191 e. The zero-order chi connectivity index (χ0) is 18.2. The van der Waals surface area contributed by atoms with Crippen LogP contribution in [0.25, 0.3) is 0 Å². The molecule has 2 rings (SSSR count).